The zero-order valence-electron chi connectivity index (χ0n) is 17.2. The molecular weight excluding hydrogens is 410 g/mol. The van der Waals surface area contributed by atoms with E-state index in [1.54, 1.807) is 29.8 Å². The molecule has 8 heteroatoms. The molecule has 0 saturated carbocycles. The summed E-state index contributed by atoms with van der Waals surface area (Å²) < 4.78 is 5.15. The lowest BCUT2D eigenvalue weighted by atomic mass is 10.1. The molecule has 1 amide bonds. The molecule has 4 rings (SSSR count). The van der Waals surface area contributed by atoms with Crippen molar-refractivity contribution in [2.24, 2.45) is 0 Å². The average Bonchev–Trinajstić information content (AvgIpc) is 3.41. The average molecular weight is 432 g/mol. The minimum absolute atomic E-state index is 0.203. The van der Waals surface area contributed by atoms with Gasteiger partial charge in [0.15, 0.2) is 0 Å². The van der Waals surface area contributed by atoms with Gasteiger partial charge >= 0.3 is 0 Å². The third kappa shape index (κ3) is 5.29. The maximum absolute atomic E-state index is 12.4. The summed E-state index contributed by atoms with van der Waals surface area (Å²) in [6.07, 6.45) is 9.61. The van der Waals surface area contributed by atoms with Crippen LogP contribution in [0.15, 0.2) is 59.6 Å². The number of thiazole rings is 1. The molecule has 0 aliphatic rings. The van der Waals surface area contributed by atoms with E-state index in [1.165, 1.54) is 12.5 Å². The Kier molecular flexibility index (Phi) is 6.28. The van der Waals surface area contributed by atoms with Crippen molar-refractivity contribution in [3.05, 3.63) is 82.9 Å². The number of aromatic nitrogens is 4. The molecule has 0 aliphatic carbocycles. The normalized spacial score (nSPS) is 11.2. The highest BCUT2D eigenvalue weighted by Crippen LogP contribution is 2.32. The molecule has 3 aromatic heterocycles. The third-order valence-corrected chi connectivity index (χ3v) is 5.77. The molecule has 0 bridgehead atoms. The van der Waals surface area contributed by atoms with Crippen molar-refractivity contribution < 1.29 is 9.21 Å². The van der Waals surface area contributed by atoms with Gasteiger partial charge in [0.25, 0.3) is 0 Å². The van der Waals surface area contributed by atoms with Gasteiger partial charge in [0.2, 0.25) is 18.2 Å². The van der Waals surface area contributed by atoms with Crippen molar-refractivity contribution >= 4 is 29.0 Å². The molecule has 4 aromatic rings. The minimum Gasteiger partial charge on any atom is -0.428 e. The zero-order chi connectivity index (χ0) is 21.6. The Morgan fingerprint density at radius 2 is 2.00 bits per heavy atom. The van der Waals surface area contributed by atoms with Gasteiger partial charge in [-0.15, -0.1) is 21.5 Å². The number of anilines is 1. The molecule has 0 aliphatic heterocycles. The highest BCUT2D eigenvalue weighted by atomic mass is 32.1. The quantitative estimate of drug-likeness (QED) is 0.428. The van der Waals surface area contributed by atoms with Crippen molar-refractivity contribution in [1.82, 2.24) is 20.2 Å². The number of carbonyl (C=O) groups excluding carboxylic acids is 1. The number of hydrogen-bond acceptors (Lipinski definition) is 7. The van der Waals surface area contributed by atoms with Crippen LogP contribution in [0.25, 0.3) is 16.5 Å². The van der Waals surface area contributed by atoms with Crippen LogP contribution < -0.4 is 5.32 Å². The zero-order valence-corrected chi connectivity index (χ0v) is 18.0. The maximum Gasteiger partial charge on any atom is 0.248 e. The first-order valence-electron chi connectivity index (χ1n) is 9.80. The standard InChI is InChI=1S/C23H21N5O2S/c1-15-23(31-16(2)26-15)20-11-12-24-13-18(20)6-9-21(29)27-19-7-3-17(4-8-19)5-10-22-28-25-14-30-22/h3-4,6-9,11-14H,5,10H2,1-2H3,(H,27,29). The predicted molar refractivity (Wildman–Crippen MR) is 121 cm³/mol. The largest absolute Gasteiger partial charge is 0.428 e. The van der Waals surface area contributed by atoms with Gasteiger partial charge in [-0.2, -0.15) is 0 Å². The van der Waals surface area contributed by atoms with E-state index in [0.29, 0.717) is 12.3 Å². The molecule has 1 N–H and O–H groups in total. The van der Waals surface area contributed by atoms with Crippen LogP contribution in [-0.2, 0) is 17.6 Å². The van der Waals surface area contributed by atoms with E-state index in [2.05, 4.69) is 25.5 Å². The second kappa shape index (κ2) is 9.44. The third-order valence-electron chi connectivity index (χ3n) is 4.67. The van der Waals surface area contributed by atoms with Crippen LogP contribution in [0.5, 0.6) is 0 Å². The first-order chi connectivity index (χ1) is 15.1. The van der Waals surface area contributed by atoms with Gasteiger partial charge in [-0.05, 0) is 50.1 Å². The van der Waals surface area contributed by atoms with E-state index in [0.717, 1.165) is 44.4 Å². The molecule has 3 heterocycles. The van der Waals surface area contributed by atoms with Crippen LogP contribution in [0.2, 0.25) is 0 Å². The van der Waals surface area contributed by atoms with Crippen LogP contribution in [0.1, 0.15) is 27.7 Å². The van der Waals surface area contributed by atoms with Crippen molar-refractivity contribution in [3.8, 4) is 10.4 Å². The van der Waals surface area contributed by atoms with E-state index in [1.807, 2.05) is 44.2 Å². The van der Waals surface area contributed by atoms with Crippen LogP contribution >= 0.6 is 11.3 Å². The van der Waals surface area contributed by atoms with E-state index >= 15 is 0 Å². The molecule has 0 spiro atoms. The van der Waals surface area contributed by atoms with Crippen LogP contribution in [0.3, 0.4) is 0 Å². The fraction of sp³-hybridized carbons (Fsp3) is 0.174. The molecule has 1 aromatic carbocycles. The summed E-state index contributed by atoms with van der Waals surface area (Å²) >= 11 is 1.64. The van der Waals surface area contributed by atoms with Gasteiger partial charge in [0.05, 0.1) is 15.6 Å². The van der Waals surface area contributed by atoms with Crippen molar-refractivity contribution in [3.63, 3.8) is 0 Å². The van der Waals surface area contributed by atoms with Crippen molar-refractivity contribution in [1.29, 1.82) is 0 Å². The number of aryl methyl sites for hydroxylation is 4. The number of hydrogen-bond donors (Lipinski definition) is 1. The number of carbonyl (C=O) groups is 1. The van der Waals surface area contributed by atoms with Gasteiger partial charge < -0.3 is 9.73 Å². The highest BCUT2D eigenvalue weighted by molar-refractivity contribution is 7.15. The Hall–Kier alpha value is -3.65. The Morgan fingerprint density at radius 1 is 1.16 bits per heavy atom. The van der Waals surface area contributed by atoms with Crippen LogP contribution in [0, 0.1) is 13.8 Å². The second-order valence-electron chi connectivity index (χ2n) is 6.96. The predicted octanol–water partition coefficient (Wildman–Crippen LogP) is 4.64. The fourth-order valence-electron chi connectivity index (χ4n) is 3.19. The van der Waals surface area contributed by atoms with E-state index in [-0.39, 0.29) is 5.91 Å². The number of pyridine rings is 1. The van der Waals surface area contributed by atoms with Gasteiger partial charge in [-0.1, -0.05) is 12.1 Å². The maximum atomic E-state index is 12.4. The van der Waals surface area contributed by atoms with Gasteiger partial charge in [-0.25, -0.2) is 4.98 Å². The summed E-state index contributed by atoms with van der Waals surface area (Å²) in [7, 11) is 0. The number of nitrogens with zero attached hydrogens (tertiary/aromatic N) is 4. The van der Waals surface area contributed by atoms with E-state index in [9.17, 15) is 4.79 Å². The summed E-state index contributed by atoms with van der Waals surface area (Å²) in [6, 6.07) is 9.67. The summed E-state index contributed by atoms with van der Waals surface area (Å²) in [4.78, 5) is 22.2. The minimum atomic E-state index is -0.203. The Morgan fingerprint density at radius 3 is 2.71 bits per heavy atom. The molecule has 31 heavy (non-hydrogen) atoms. The molecular formula is C23H21N5O2S. The number of rotatable bonds is 7. The fourth-order valence-corrected chi connectivity index (χ4v) is 4.15. The van der Waals surface area contributed by atoms with Gasteiger partial charge in [0, 0.05) is 41.7 Å². The Balaban J connectivity index is 1.39. The SMILES string of the molecule is Cc1nc(C)c(-c2ccncc2C=CC(=O)Nc2ccc(CCc3nnco3)cc2)s1. The molecule has 0 atom stereocenters. The van der Waals surface area contributed by atoms with E-state index in [4.69, 9.17) is 4.42 Å². The second-order valence-corrected chi connectivity index (χ2v) is 8.17. The molecule has 7 nitrogen and oxygen atoms in total. The summed E-state index contributed by atoms with van der Waals surface area (Å²) in [5, 5.41) is 11.4. The molecule has 0 unspecified atom stereocenters. The highest BCUT2D eigenvalue weighted by Gasteiger charge is 2.11. The first kappa shape index (κ1) is 20.6. The summed E-state index contributed by atoms with van der Waals surface area (Å²) in [6.45, 7) is 3.98. The lowest BCUT2D eigenvalue weighted by Gasteiger charge is -2.05. The molecule has 0 fully saturated rings. The molecule has 0 radical (unpaired) electrons. The molecule has 156 valence electrons. The smallest absolute Gasteiger partial charge is 0.248 e. The monoisotopic (exact) mass is 431 g/mol. The summed E-state index contributed by atoms with van der Waals surface area (Å²) in [5.41, 5.74) is 4.74. The Bertz CT molecular complexity index is 1200. The van der Waals surface area contributed by atoms with Crippen molar-refractivity contribution in [2.75, 3.05) is 5.32 Å². The lowest BCUT2D eigenvalue weighted by Crippen LogP contribution is -2.07. The topological polar surface area (TPSA) is 93.8 Å². The van der Waals surface area contributed by atoms with Crippen LogP contribution in [0.4, 0.5) is 5.69 Å². The van der Waals surface area contributed by atoms with Crippen molar-refractivity contribution in [2.45, 2.75) is 26.7 Å². The first-order valence-corrected chi connectivity index (χ1v) is 10.6. The number of amides is 1. The van der Waals surface area contributed by atoms with Gasteiger partial charge in [0.1, 0.15) is 0 Å². The number of nitrogens with one attached hydrogen (secondary N) is 1. The van der Waals surface area contributed by atoms with E-state index < -0.39 is 0 Å². The van der Waals surface area contributed by atoms with Gasteiger partial charge in [-0.3, -0.25) is 9.78 Å². The molecule has 0 saturated heterocycles. The number of benzene rings is 1. The summed E-state index contributed by atoms with van der Waals surface area (Å²) in [5.74, 6) is 0.409. The lowest BCUT2D eigenvalue weighted by molar-refractivity contribution is -0.111. The van der Waals surface area contributed by atoms with Crippen LogP contribution in [-0.4, -0.2) is 26.1 Å². The Labute approximate surface area is 183 Å².